The number of piperidine rings is 1. The minimum Gasteiger partial charge on any atom is -0.367 e. The van der Waals surface area contributed by atoms with E-state index >= 15 is 0 Å². The number of nitrogens with one attached hydrogen (secondary N) is 1. The fourth-order valence-electron chi connectivity index (χ4n) is 2.54. The predicted octanol–water partition coefficient (Wildman–Crippen LogP) is 1.78. The first-order valence-electron chi connectivity index (χ1n) is 6.11. The van der Waals surface area contributed by atoms with Crippen LogP contribution in [0, 0.1) is 0 Å². The number of amides is 1. The zero-order valence-corrected chi connectivity index (χ0v) is 10.3. The molecule has 17 heavy (non-hydrogen) atoms. The summed E-state index contributed by atoms with van der Waals surface area (Å²) in [5.74, 6) is -0.147. The van der Waals surface area contributed by atoms with E-state index in [4.69, 9.17) is 0 Å². The van der Waals surface area contributed by atoms with Gasteiger partial charge in [0.05, 0.1) is 0 Å². The molecule has 4 nitrogen and oxygen atoms in total. The molecule has 1 aliphatic rings. The van der Waals surface area contributed by atoms with E-state index in [1.54, 1.807) is 6.20 Å². The Balaban J connectivity index is 2.31. The van der Waals surface area contributed by atoms with Crippen LogP contribution in [0.3, 0.4) is 0 Å². The molecule has 0 radical (unpaired) electrons. The Hall–Kier alpha value is -1.58. The number of rotatable bonds is 1. The third-order valence-electron chi connectivity index (χ3n) is 3.48. The zero-order chi connectivity index (χ0) is 12.4. The van der Waals surface area contributed by atoms with Crippen molar-refractivity contribution in [2.24, 2.45) is 0 Å². The molecule has 1 saturated heterocycles. The highest BCUT2D eigenvalue weighted by Gasteiger charge is 2.30. The van der Waals surface area contributed by atoms with E-state index in [0.717, 1.165) is 19.3 Å². The summed E-state index contributed by atoms with van der Waals surface area (Å²) in [7, 11) is 0. The first-order valence-corrected chi connectivity index (χ1v) is 6.11. The summed E-state index contributed by atoms with van der Waals surface area (Å²) in [6.45, 7) is 4.09. The molecule has 1 aliphatic heterocycles. The smallest absolute Gasteiger partial charge is 0.259 e. The fraction of sp³-hybridized carbons (Fsp3) is 0.538. The van der Waals surface area contributed by atoms with Gasteiger partial charge in [0, 0.05) is 30.5 Å². The molecule has 0 spiro atoms. The highest BCUT2D eigenvalue weighted by molar-refractivity contribution is 5.94. The number of aromatic amines is 1. The van der Waals surface area contributed by atoms with Gasteiger partial charge in [-0.3, -0.25) is 9.59 Å². The molecule has 2 heterocycles. The molecule has 92 valence electrons. The Morgan fingerprint density at radius 2 is 2.00 bits per heavy atom. The Bertz CT molecular complexity index is 456. The molecule has 0 aliphatic carbocycles. The second-order valence-electron chi connectivity index (χ2n) is 4.76. The van der Waals surface area contributed by atoms with Crippen molar-refractivity contribution >= 4 is 5.91 Å². The standard InChI is InChI=1S/C13H18N2O2/c1-9-4-3-5-10(2)15(9)13(17)11-8-14-7-6-12(11)16/h6-10H,3-5H2,1-2H3,(H,14,16). The van der Waals surface area contributed by atoms with E-state index in [2.05, 4.69) is 4.98 Å². The quantitative estimate of drug-likeness (QED) is 0.805. The number of likely N-dealkylation sites (tertiary alicyclic amines) is 1. The Morgan fingerprint density at radius 3 is 2.59 bits per heavy atom. The molecule has 4 heteroatoms. The van der Waals surface area contributed by atoms with E-state index in [9.17, 15) is 9.59 Å². The van der Waals surface area contributed by atoms with E-state index in [-0.39, 0.29) is 29.0 Å². The minimum atomic E-state index is -0.210. The lowest BCUT2D eigenvalue weighted by atomic mass is 9.96. The summed E-state index contributed by atoms with van der Waals surface area (Å²) in [5.41, 5.74) is 0.0341. The Kier molecular flexibility index (Phi) is 3.31. The Morgan fingerprint density at radius 1 is 1.35 bits per heavy atom. The average Bonchev–Trinajstić information content (AvgIpc) is 2.29. The maximum absolute atomic E-state index is 12.3. The van der Waals surface area contributed by atoms with Crippen molar-refractivity contribution in [3.63, 3.8) is 0 Å². The third kappa shape index (κ3) is 2.25. The van der Waals surface area contributed by atoms with Crippen molar-refractivity contribution in [1.82, 2.24) is 9.88 Å². The van der Waals surface area contributed by atoms with Crippen molar-refractivity contribution in [3.05, 3.63) is 34.2 Å². The molecule has 0 aromatic carbocycles. The molecule has 1 amide bonds. The van der Waals surface area contributed by atoms with Gasteiger partial charge in [-0.25, -0.2) is 0 Å². The molecule has 0 saturated carbocycles. The highest BCUT2D eigenvalue weighted by Crippen LogP contribution is 2.23. The largest absolute Gasteiger partial charge is 0.367 e. The second-order valence-corrected chi connectivity index (χ2v) is 4.76. The zero-order valence-electron chi connectivity index (χ0n) is 10.3. The molecular weight excluding hydrogens is 216 g/mol. The van der Waals surface area contributed by atoms with Gasteiger partial charge >= 0.3 is 0 Å². The van der Waals surface area contributed by atoms with Crippen molar-refractivity contribution in [2.45, 2.75) is 45.2 Å². The van der Waals surface area contributed by atoms with Crippen molar-refractivity contribution in [2.75, 3.05) is 0 Å². The van der Waals surface area contributed by atoms with Gasteiger partial charge in [0.15, 0.2) is 5.43 Å². The molecule has 1 aromatic heterocycles. The van der Waals surface area contributed by atoms with Gasteiger partial charge in [-0.05, 0) is 33.1 Å². The lowest BCUT2D eigenvalue weighted by Crippen LogP contribution is -2.48. The summed E-state index contributed by atoms with van der Waals surface area (Å²) in [4.78, 5) is 28.6. The SMILES string of the molecule is CC1CCCC(C)N1C(=O)c1c[nH]ccc1=O. The van der Waals surface area contributed by atoms with Crippen LogP contribution >= 0.6 is 0 Å². The first-order chi connectivity index (χ1) is 8.11. The number of carbonyl (C=O) groups excluding carboxylic acids is 1. The molecular formula is C13H18N2O2. The van der Waals surface area contributed by atoms with Gasteiger partial charge in [0.2, 0.25) is 0 Å². The van der Waals surface area contributed by atoms with Crippen LogP contribution in [0.4, 0.5) is 0 Å². The van der Waals surface area contributed by atoms with Gasteiger partial charge in [-0.1, -0.05) is 0 Å². The van der Waals surface area contributed by atoms with Crippen LogP contribution in [-0.4, -0.2) is 27.9 Å². The summed E-state index contributed by atoms with van der Waals surface area (Å²) in [6.07, 6.45) is 6.22. The van der Waals surface area contributed by atoms with Gasteiger partial charge in [-0.15, -0.1) is 0 Å². The van der Waals surface area contributed by atoms with E-state index in [1.807, 2.05) is 18.7 Å². The van der Waals surface area contributed by atoms with Gasteiger partial charge in [0.25, 0.3) is 5.91 Å². The van der Waals surface area contributed by atoms with Crippen LogP contribution in [0.2, 0.25) is 0 Å². The Labute approximate surface area is 101 Å². The lowest BCUT2D eigenvalue weighted by molar-refractivity contribution is 0.0509. The van der Waals surface area contributed by atoms with Crippen LogP contribution in [0.15, 0.2) is 23.3 Å². The molecule has 1 fully saturated rings. The molecule has 2 unspecified atom stereocenters. The van der Waals surface area contributed by atoms with Crippen molar-refractivity contribution in [1.29, 1.82) is 0 Å². The molecule has 1 aromatic rings. The molecule has 1 N–H and O–H groups in total. The van der Waals surface area contributed by atoms with Crippen molar-refractivity contribution in [3.8, 4) is 0 Å². The average molecular weight is 234 g/mol. The number of pyridine rings is 1. The molecule has 2 atom stereocenters. The number of aromatic nitrogens is 1. The maximum Gasteiger partial charge on any atom is 0.259 e. The van der Waals surface area contributed by atoms with Crippen LogP contribution in [-0.2, 0) is 0 Å². The molecule has 2 rings (SSSR count). The fourth-order valence-corrected chi connectivity index (χ4v) is 2.54. The summed E-state index contributed by atoms with van der Waals surface area (Å²) in [5, 5.41) is 0. The summed E-state index contributed by atoms with van der Waals surface area (Å²) < 4.78 is 0. The number of nitrogens with zero attached hydrogens (tertiary/aromatic N) is 1. The topological polar surface area (TPSA) is 53.2 Å². The highest BCUT2D eigenvalue weighted by atomic mass is 16.2. The number of H-pyrrole nitrogens is 1. The van der Waals surface area contributed by atoms with Gasteiger partial charge in [0.1, 0.15) is 5.56 Å². The minimum absolute atomic E-state index is 0.147. The second kappa shape index (κ2) is 4.73. The number of hydrogen-bond donors (Lipinski definition) is 1. The molecule has 0 bridgehead atoms. The van der Waals surface area contributed by atoms with Crippen LogP contribution in [0.1, 0.15) is 43.5 Å². The van der Waals surface area contributed by atoms with Crippen LogP contribution in [0.25, 0.3) is 0 Å². The number of hydrogen-bond acceptors (Lipinski definition) is 2. The summed E-state index contributed by atoms with van der Waals surface area (Å²) in [6, 6.07) is 1.82. The summed E-state index contributed by atoms with van der Waals surface area (Å²) >= 11 is 0. The third-order valence-corrected chi connectivity index (χ3v) is 3.48. The van der Waals surface area contributed by atoms with E-state index in [1.165, 1.54) is 12.3 Å². The number of carbonyl (C=O) groups is 1. The normalized spacial score (nSPS) is 24.7. The van der Waals surface area contributed by atoms with E-state index in [0.29, 0.717) is 0 Å². The van der Waals surface area contributed by atoms with Crippen molar-refractivity contribution < 1.29 is 4.79 Å². The maximum atomic E-state index is 12.3. The van der Waals surface area contributed by atoms with Crippen LogP contribution in [0.5, 0.6) is 0 Å². The van der Waals surface area contributed by atoms with Gasteiger partial charge in [-0.2, -0.15) is 0 Å². The monoisotopic (exact) mass is 234 g/mol. The van der Waals surface area contributed by atoms with E-state index < -0.39 is 0 Å². The first kappa shape index (κ1) is 11.9. The van der Waals surface area contributed by atoms with Gasteiger partial charge < -0.3 is 9.88 Å². The predicted molar refractivity (Wildman–Crippen MR) is 66.0 cm³/mol. The van der Waals surface area contributed by atoms with Crippen LogP contribution < -0.4 is 5.43 Å². The lowest BCUT2D eigenvalue weighted by Gasteiger charge is -2.38.